The maximum Gasteiger partial charge on any atom is 0.337 e. The van der Waals surface area contributed by atoms with Crippen LogP contribution >= 0.6 is 0 Å². The van der Waals surface area contributed by atoms with Gasteiger partial charge >= 0.3 is 6.85 Å². The largest absolute Gasteiger partial charge is 0.456 e. The van der Waals surface area contributed by atoms with Gasteiger partial charge in [0.25, 0.3) is 0 Å². The first-order valence-corrected chi connectivity index (χ1v) is 32.4. The van der Waals surface area contributed by atoms with Gasteiger partial charge in [-0.3, -0.25) is 4.90 Å². The van der Waals surface area contributed by atoms with E-state index in [4.69, 9.17) is 8.83 Å². The second-order valence-corrected chi connectivity index (χ2v) is 32.8. The Hall–Kier alpha value is -7.24. The van der Waals surface area contributed by atoms with Gasteiger partial charge in [-0.1, -0.05) is 190 Å². The van der Waals surface area contributed by atoms with E-state index in [0.29, 0.717) is 0 Å². The Labute approximate surface area is 511 Å². The van der Waals surface area contributed by atoms with E-state index in [-0.39, 0.29) is 50.2 Å². The van der Waals surface area contributed by atoms with E-state index >= 15 is 0 Å². The lowest BCUT2D eigenvalue weighted by molar-refractivity contribution is 0.331. The summed E-state index contributed by atoms with van der Waals surface area (Å²) in [6.45, 7) is 41.4. The second kappa shape index (κ2) is 17.1. The molecule has 4 nitrogen and oxygen atoms in total. The smallest absolute Gasteiger partial charge is 0.337 e. The van der Waals surface area contributed by atoms with Gasteiger partial charge in [0, 0.05) is 44.2 Å². The third kappa shape index (κ3) is 7.30. The van der Waals surface area contributed by atoms with Crippen molar-refractivity contribution in [2.45, 2.75) is 200 Å². The molecule has 0 radical (unpaired) electrons. The van der Waals surface area contributed by atoms with Crippen LogP contribution < -0.4 is 20.6 Å². The highest BCUT2D eigenvalue weighted by Gasteiger charge is 2.54. The van der Waals surface area contributed by atoms with E-state index in [1.165, 1.54) is 124 Å². The molecule has 0 saturated carbocycles. The van der Waals surface area contributed by atoms with Crippen LogP contribution in [-0.2, 0) is 43.3 Å². The summed E-state index contributed by atoms with van der Waals surface area (Å²) in [6.07, 6.45) is 6.88. The van der Waals surface area contributed by atoms with E-state index in [2.05, 4.69) is 261 Å². The van der Waals surface area contributed by atoms with E-state index in [0.717, 1.165) is 70.5 Å². The normalized spacial score (nSPS) is 20.0. The van der Waals surface area contributed by atoms with Crippen LogP contribution in [-0.4, -0.2) is 6.85 Å². The van der Waals surface area contributed by atoms with Crippen molar-refractivity contribution >= 4 is 79.3 Å². The van der Waals surface area contributed by atoms with Gasteiger partial charge in [0.1, 0.15) is 16.7 Å². The molecule has 434 valence electrons. The Morgan fingerprint density at radius 2 is 1.00 bits per heavy atom. The molecule has 86 heavy (non-hydrogen) atoms. The average molecular weight is 1130 g/mol. The average Bonchev–Trinajstić information content (AvgIpc) is 1.37. The monoisotopic (exact) mass is 1130 g/mol. The number of rotatable bonds is 3. The number of para-hydroxylation sites is 1. The van der Waals surface area contributed by atoms with Crippen LogP contribution in [0.4, 0.5) is 28.6 Å². The molecule has 0 saturated heterocycles. The first kappa shape index (κ1) is 54.2. The highest BCUT2D eigenvalue weighted by Crippen LogP contribution is 2.62. The van der Waals surface area contributed by atoms with E-state index in [1.807, 2.05) is 0 Å². The SMILES string of the molecule is CC(C)(C)c1ccc(N2c3oc4cc5c(cc4c3B3c4c(cc6oc7ccccc7c6c42)-c2c(ccc4c2C(C)(C)c2cc6c(cc2-4)C(C)(C)CCC6(C)C)N3c2ccc3c(c2)C(C)(C)CCC3(C)C)C(C)(C)CCC5(C)C)c(-c2ccccc2)c1. The third-order valence-corrected chi connectivity index (χ3v) is 23.2. The van der Waals surface area contributed by atoms with Crippen molar-refractivity contribution in [2.75, 3.05) is 9.71 Å². The number of anilines is 5. The number of furan rings is 2. The van der Waals surface area contributed by atoms with Crippen LogP contribution in [0, 0.1) is 0 Å². The minimum atomic E-state index is -0.360. The third-order valence-electron chi connectivity index (χ3n) is 23.2. The van der Waals surface area contributed by atoms with Gasteiger partial charge < -0.3 is 13.6 Å². The van der Waals surface area contributed by atoms with Gasteiger partial charge in [-0.05, 0) is 215 Å². The zero-order valence-corrected chi connectivity index (χ0v) is 54.2. The molecule has 0 spiro atoms. The lowest BCUT2D eigenvalue weighted by Gasteiger charge is -2.47. The molecule has 8 aromatic carbocycles. The lowest BCUT2D eigenvalue weighted by Crippen LogP contribution is -2.61. The Kier molecular flexibility index (Phi) is 10.8. The summed E-state index contributed by atoms with van der Waals surface area (Å²) in [7, 11) is 0. The number of benzene rings is 8. The summed E-state index contributed by atoms with van der Waals surface area (Å²) < 4.78 is 15.3. The topological polar surface area (TPSA) is 32.8 Å². The van der Waals surface area contributed by atoms with E-state index in [9.17, 15) is 0 Å². The molecule has 0 amide bonds. The fourth-order valence-electron chi connectivity index (χ4n) is 17.6. The van der Waals surface area contributed by atoms with Crippen LogP contribution in [0.1, 0.15) is 206 Å². The number of nitrogens with zero attached hydrogens (tertiary/aromatic N) is 2. The minimum absolute atomic E-state index is 0.0198. The summed E-state index contributed by atoms with van der Waals surface area (Å²) in [5.74, 6) is 0.873. The Morgan fingerprint density at radius 3 is 1.66 bits per heavy atom. The Morgan fingerprint density at radius 1 is 0.419 bits per heavy atom. The second-order valence-electron chi connectivity index (χ2n) is 32.8. The lowest BCUT2D eigenvalue weighted by atomic mass is 9.43. The van der Waals surface area contributed by atoms with Crippen LogP contribution in [0.15, 0.2) is 142 Å². The molecule has 2 aromatic heterocycles. The van der Waals surface area contributed by atoms with Crippen LogP contribution in [0.5, 0.6) is 0 Å². The maximum atomic E-state index is 7.99. The molecular formula is C81H85BN2O2. The van der Waals surface area contributed by atoms with Gasteiger partial charge in [-0.2, -0.15) is 0 Å². The first-order chi connectivity index (χ1) is 40.5. The van der Waals surface area contributed by atoms with Gasteiger partial charge in [0.15, 0.2) is 0 Å². The molecule has 16 rings (SSSR count). The van der Waals surface area contributed by atoms with Gasteiger partial charge in [-0.15, -0.1) is 0 Å². The van der Waals surface area contributed by atoms with Crippen LogP contribution in [0.25, 0.3) is 66.3 Å². The van der Waals surface area contributed by atoms with Crippen LogP contribution in [0.3, 0.4) is 0 Å². The van der Waals surface area contributed by atoms with Crippen molar-refractivity contribution in [3.8, 4) is 33.4 Å². The molecule has 4 aliphatic carbocycles. The van der Waals surface area contributed by atoms with Gasteiger partial charge in [-0.25, -0.2) is 0 Å². The first-order valence-electron chi connectivity index (χ1n) is 32.4. The van der Waals surface area contributed by atoms with Crippen molar-refractivity contribution in [3.63, 3.8) is 0 Å². The van der Waals surface area contributed by atoms with Crippen LogP contribution in [0.2, 0.25) is 0 Å². The summed E-state index contributed by atoms with van der Waals surface area (Å²) in [5.41, 5.74) is 30.0. The van der Waals surface area contributed by atoms with Crippen molar-refractivity contribution in [1.82, 2.24) is 0 Å². The molecule has 2 aliphatic heterocycles. The molecule has 0 fully saturated rings. The molecule has 5 heteroatoms. The van der Waals surface area contributed by atoms with E-state index < -0.39 is 0 Å². The predicted octanol–water partition coefficient (Wildman–Crippen LogP) is 21.4. The summed E-state index contributed by atoms with van der Waals surface area (Å²) in [5, 5.41) is 3.41. The van der Waals surface area contributed by atoms with Crippen molar-refractivity contribution < 1.29 is 8.83 Å². The molecule has 0 atom stereocenters. The summed E-state index contributed by atoms with van der Waals surface area (Å²) in [6, 6.07) is 52.7. The standard InChI is InChI=1S/C81H85BN2O2/c1-74(2,3)47-27-31-62(51(39-47)46-23-19-18-20-24-46)83-72-68-50-25-21-22-26-64(50)85-66(68)43-54-67-63(32-29-49-52-41-58-60(44-56(52)81(16,17)69(49)67)79(12,13)37-35-77(58,8)9)84(48-28-30-55-57(40-48)76(6,7)34-33-75(55,4)5)82(70(54)72)71-53-42-59-61(45-65(53)86-73(71)83)80(14,15)38-36-78(59,10)11/h18-32,39-45H,33-38H2,1-17H3. The molecule has 4 heterocycles. The summed E-state index contributed by atoms with van der Waals surface area (Å²) >= 11 is 0. The molecule has 6 aliphatic rings. The van der Waals surface area contributed by atoms with Gasteiger partial charge in [0.2, 0.25) is 5.88 Å². The van der Waals surface area contributed by atoms with Crippen molar-refractivity contribution in [2.24, 2.45) is 0 Å². The zero-order chi connectivity index (χ0) is 60.1. The number of hydrogen-bond acceptors (Lipinski definition) is 4. The highest BCUT2D eigenvalue weighted by atomic mass is 16.4. The molecule has 0 N–H and O–H groups in total. The molecular weight excluding hydrogens is 1040 g/mol. The minimum Gasteiger partial charge on any atom is -0.456 e. The Balaban J connectivity index is 1.11. The fourth-order valence-corrected chi connectivity index (χ4v) is 17.6. The Bertz CT molecular complexity index is 4620. The van der Waals surface area contributed by atoms with Crippen molar-refractivity contribution in [3.05, 3.63) is 184 Å². The summed E-state index contributed by atoms with van der Waals surface area (Å²) in [4.78, 5) is 5.40. The molecule has 0 unspecified atom stereocenters. The highest BCUT2D eigenvalue weighted by molar-refractivity contribution is 6.95. The van der Waals surface area contributed by atoms with Crippen molar-refractivity contribution in [1.29, 1.82) is 0 Å². The quantitative estimate of drug-likeness (QED) is 0.165. The predicted molar refractivity (Wildman–Crippen MR) is 365 cm³/mol. The number of fused-ring (bicyclic) bond motifs is 17. The number of hydrogen-bond donors (Lipinski definition) is 0. The zero-order valence-electron chi connectivity index (χ0n) is 54.2. The fraction of sp³-hybridized carbons (Fsp3) is 0.383. The maximum absolute atomic E-state index is 7.99. The van der Waals surface area contributed by atoms with E-state index in [1.54, 1.807) is 0 Å². The molecule has 0 bridgehead atoms. The molecule has 10 aromatic rings. The van der Waals surface area contributed by atoms with Gasteiger partial charge in [0.05, 0.1) is 16.8 Å².